The molecule has 0 bridgehead atoms. The molecule has 1 aromatic carbocycles. The molecule has 2 N–H and O–H groups in total. The predicted octanol–water partition coefficient (Wildman–Crippen LogP) is 1.90. The van der Waals surface area contributed by atoms with Gasteiger partial charge < -0.3 is 14.6 Å². The maximum Gasteiger partial charge on any atom is 0.410 e. The molecule has 1 saturated heterocycles. The fourth-order valence-corrected chi connectivity index (χ4v) is 5.76. The van der Waals surface area contributed by atoms with E-state index in [1.165, 1.54) is 11.0 Å². The van der Waals surface area contributed by atoms with Crippen LogP contribution in [0.3, 0.4) is 0 Å². The van der Waals surface area contributed by atoms with E-state index in [0.29, 0.717) is 15.9 Å². The van der Waals surface area contributed by atoms with Crippen LogP contribution in [0.15, 0.2) is 29.3 Å². The monoisotopic (exact) mass is 534 g/mol. The fraction of sp³-hybridized carbons (Fsp3) is 0.500. The molecule has 2 aromatic rings. The molecule has 1 aliphatic heterocycles. The average molecular weight is 535 g/mol. The Morgan fingerprint density at radius 3 is 2.47 bits per heavy atom. The standard InChI is InChI=1S/C20H27ClN4O7S2/c1-20(2,3)32-19(27)25-8-7-24(12-15(25)11-17(26)23-33(4,28)29)34(30,31)18-10-13-9-14(21)5-6-16(13)22-18/h5-6,9-10,15,22H,7-8,11-12H2,1-4H3,(H,23,26). The third-order valence-electron chi connectivity index (χ3n) is 4.97. The number of H-pyrrole nitrogens is 1. The molecule has 0 spiro atoms. The molecule has 1 aromatic heterocycles. The number of aromatic amines is 1. The third-order valence-corrected chi connectivity index (χ3v) is 7.59. The van der Waals surface area contributed by atoms with Gasteiger partial charge in [0.1, 0.15) is 10.6 Å². The van der Waals surface area contributed by atoms with E-state index in [9.17, 15) is 26.4 Å². The number of benzene rings is 1. The number of nitrogens with zero attached hydrogens (tertiary/aromatic N) is 2. The Bertz CT molecular complexity index is 1320. The van der Waals surface area contributed by atoms with Crippen LogP contribution in [0.25, 0.3) is 10.9 Å². The quantitative estimate of drug-likeness (QED) is 0.595. The first-order chi connectivity index (χ1) is 15.5. The molecular weight excluding hydrogens is 508 g/mol. The number of aromatic nitrogens is 1. The van der Waals surface area contributed by atoms with E-state index in [0.717, 1.165) is 10.6 Å². The van der Waals surface area contributed by atoms with E-state index >= 15 is 0 Å². The number of carbonyl (C=O) groups is 2. The highest BCUT2D eigenvalue weighted by molar-refractivity contribution is 7.89. The van der Waals surface area contributed by atoms with Gasteiger partial charge in [-0.05, 0) is 45.0 Å². The Balaban J connectivity index is 1.88. The molecule has 3 rings (SSSR count). The van der Waals surface area contributed by atoms with E-state index in [1.54, 1.807) is 39.0 Å². The maximum atomic E-state index is 13.3. The molecule has 2 amide bonds. The zero-order valence-corrected chi connectivity index (χ0v) is 21.6. The van der Waals surface area contributed by atoms with Crippen molar-refractivity contribution >= 4 is 54.6 Å². The molecule has 11 nitrogen and oxygen atoms in total. The highest BCUT2D eigenvalue weighted by atomic mass is 35.5. The van der Waals surface area contributed by atoms with Gasteiger partial charge in [-0.25, -0.2) is 21.6 Å². The van der Waals surface area contributed by atoms with Crippen molar-refractivity contribution < 1.29 is 31.2 Å². The van der Waals surface area contributed by atoms with E-state index in [2.05, 4.69) is 4.98 Å². The first kappa shape index (κ1) is 26.3. The molecule has 14 heteroatoms. The fourth-order valence-electron chi connectivity index (χ4n) is 3.60. The molecule has 0 radical (unpaired) electrons. The minimum Gasteiger partial charge on any atom is -0.444 e. The molecule has 1 unspecified atom stereocenters. The van der Waals surface area contributed by atoms with Crippen molar-refractivity contribution in [2.45, 2.75) is 43.9 Å². The Kier molecular flexibility index (Phi) is 7.23. The van der Waals surface area contributed by atoms with Crippen LogP contribution in [-0.4, -0.2) is 80.6 Å². The second-order valence-electron chi connectivity index (χ2n) is 9.06. The average Bonchev–Trinajstić information content (AvgIpc) is 3.09. The smallest absolute Gasteiger partial charge is 0.410 e. The number of piperazine rings is 1. The van der Waals surface area contributed by atoms with Gasteiger partial charge in [0.15, 0.2) is 0 Å². The number of nitrogens with one attached hydrogen (secondary N) is 2. The number of hydrogen-bond acceptors (Lipinski definition) is 7. The van der Waals surface area contributed by atoms with Gasteiger partial charge in [0.2, 0.25) is 15.9 Å². The Morgan fingerprint density at radius 2 is 1.85 bits per heavy atom. The van der Waals surface area contributed by atoms with Crippen LogP contribution in [-0.2, 0) is 29.6 Å². The summed E-state index contributed by atoms with van der Waals surface area (Å²) in [7, 11) is -7.84. The summed E-state index contributed by atoms with van der Waals surface area (Å²) in [6.07, 6.45) is -0.321. The summed E-state index contributed by atoms with van der Waals surface area (Å²) in [6, 6.07) is 5.44. The second kappa shape index (κ2) is 9.36. The van der Waals surface area contributed by atoms with Crippen LogP contribution in [0, 0.1) is 0 Å². The third kappa shape index (κ3) is 6.40. The minimum absolute atomic E-state index is 0.0398. The Hall–Kier alpha value is -2.35. The van der Waals surface area contributed by atoms with Crippen molar-refractivity contribution in [1.29, 1.82) is 0 Å². The molecular formula is C20H27ClN4O7S2. The summed E-state index contributed by atoms with van der Waals surface area (Å²) in [5.74, 6) is -0.861. The number of ether oxygens (including phenoxy) is 1. The molecule has 34 heavy (non-hydrogen) atoms. The molecule has 0 saturated carbocycles. The normalized spacial score (nSPS) is 18.1. The number of halogens is 1. The van der Waals surface area contributed by atoms with Crippen molar-refractivity contribution in [1.82, 2.24) is 18.9 Å². The summed E-state index contributed by atoms with van der Waals surface area (Å²) < 4.78 is 58.0. The summed E-state index contributed by atoms with van der Waals surface area (Å²) in [5, 5.41) is 1.01. The van der Waals surface area contributed by atoms with Crippen LogP contribution < -0.4 is 4.72 Å². The lowest BCUT2D eigenvalue weighted by molar-refractivity contribution is -0.120. The molecule has 1 atom stereocenters. The number of sulfonamides is 2. The summed E-state index contributed by atoms with van der Waals surface area (Å²) in [6.45, 7) is 4.73. The van der Waals surface area contributed by atoms with Gasteiger partial charge in [-0.1, -0.05) is 11.6 Å². The lowest BCUT2D eigenvalue weighted by Crippen LogP contribution is -2.58. The molecule has 1 fully saturated rings. The lowest BCUT2D eigenvalue weighted by atomic mass is 10.1. The Labute approximate surface area is 203 Å². The highest BCUT2D eigenvalue weighted by Gasteiger charge is 2.39. The number of carbonyl (C=O) groups excluding carboxylic acids is 2. The van der Waals surface area contributed by atoms with Gasteiger partial charge >= 0.3 is 6.09 Å². The summed E-state index contributed by atoms with van der Waals surface area (Å²) in [5.41, 5.74) is -0.231. The van der Waals surface area contributed by atoms with E-state index in [4.69, 9.17) is 16.3 Å². The van der Waals surface area contributed by atoms with Gasteiger partial charge in [0.05, 0.1) is 12.3 Å². The van der Waals surface area contributed by atoms with Crippen LogP contribution in [0.4, 0.5) is 4.79 Å². The summed E-state index contributed by atoms with van der Waals surface area (Å²) >= 11 is 5.99. The first-order valence-electron chi connectivity index (χ1n) is 10.3. The largest absolute Gasteiger partial charge is 0.444 e. The van der Waals surface area contributed by atoms with Crippen LogP contribution in [0.2, 0.25) is 5.02 Å². The van der Waals surface area contributed by atoms with Crippen LogP contribution in [0.1, 0.15) is 27.2 Å². The highest BCUT2D eigenvalue weighted by Crippen LogP contribution is 2.27. The van der Waals surface area contributed by atoms with Crippen LogP contribution >= 0.6 is 11.6 Å². The van der Waals surface area contributed by atoms with Crippen molar-refractivity contribution in [2.75, 3.05) is 25.9 Å². The second-order valence-corrected chi connectivity index (χ2v) is 13.1. The van der Waals surface area contributed by atoms with Crippen LogP contribution in [0.5, 0.6) is 0 Å². The van der Waals surface area contributed by atoms with Gasteiger partial charge in [-0.15, -0.1) is 0 Å². The number of amides is 2. The van der Waals surface area contributed by atoms with Gasteiger partial charge in [0.25, 0.3) is 10.0 Å². The van der Waals surface area contributed by atoms with Crippen molar-refractivity contribution in [3.8, 4) is 0 Å². The summed E-state index contributed by atoms with van der Waals surface area (Å²) in [4.78, 5) is 29.1. The molecule has 0 aliphatic carbocycles. The predicted molar refractivity (Wildman–Crippen MR) is 126 cm³/mol. The number of fused-ring (bicyclic) bond motifs is 1. The minimum atomic E-state index is -4.02. The number of rotatable bonds is 5. The van der Waals surface area contributed by atoms with Gasteiger partial charge in [-0.2, -0.15) is 4.31 Å². The van der Waals surface area contributed by atoms with Gasteiger partial charge in [0, 0.05) is 42.0 Å². The van der Waals surface area contributed by atoms with E-state index < -0.39 is 50.1 Å². The van der Waals surface area contributed by atoms with Gasteiger partial charge in [-0.3, -0.25) is 9.52 Å². The maximum absolute atomic E-state index is 13.3. The Morgan fingerprint density at radius 1 is 1.18 bits per heavy atom. The van der Waals surface area contributed by atoms with Crippen molar-refractivity contribution in [3.63, 3.8) is 0 Å². The van der Waals surface area contributed by atoms with Crippen molar-refractivity contribution in [2.24, 2.45) is 0 Å². The molecule has 188 valence electrons. The SMILES string of the molecule is CC(C)(C)OC(=O)N1CCN(S(=O)(=O)c2cc3cc(Cl)ccc3[nH]2)CC1CC(=O)NS(C)(=O)=O. The van der Waals surface area contributed by atoms with Crippen molar-refractivity contribution in [3.05, 3.63) is 29.3 Å². The van der Waals surface area contributed by atoms with E-state index in [-0.39, 0.29) is 24.7 Å². The topological polar surface area (TPSA) is 146 Å². The molecule has 1 aliphatic rings. The zero-order chi connectivity index (χ0) is 25.5. The molecule has 2 heterocycles. The van der Waals surface area contributed by atoms with E-state index in [1.807, 2.05) is 4.72 Å². The zero-order valence-electron chi connectivity index (χ0n) is 19.2. The lowest BCUT2D eigenvalue weighted by Gasteiger charge is -2.40. The number of hydrogen-bond donors (Lipinski definition) is 2. The first-order valence-corrected chi connectivity index (χ1v) is 14.0.